The van der Waals surface area contributed by atoms with E-state index in [-0.39, 0.29) is 6.09 Å². The second kappa shape index (κ2) is 5.75. The Kier molecular flexibility index (Phi) is 4.61. The molecule has 17 heavy (non-hydrogen) atoms. The smallest absolute Gasteiger partial charge is 0.429 e. The number of unbranched alkanes of at least 4 members (excludes halogenated alkanes) is 1. The highest BCUT2D eigenvalue weighted by Crippen LogP contribution is 2.10. The lowest BCUT2D eigenvalue weighted by Crippen LogP contribution is -2.43. The fourth-order valence-corrected chi connectivity index (χ4v) is 1.41. The number of carbonyl (C=O) groups excluding carboxylic acids is 1. The molecule has 1 aromatic heterocycles. The predicted molar refractivity (Wildman–Crippen MR) is 68.7 cm³/mol. The number of aromatic nitrogens is 1. The fraction of sp³-hybridized carbons (Fsp3) is 0.615. The lowest BCUT2D eigenvalue weighted by molar-refractivity contribution is 0.0538. The van der Waals surface area contributed by atoms with E-state index in [2.05, 4.69) is 6.92 Å². The summed E-state index contributed by atoms with van der Waals surface area (Å²) >= 11 is 0. The molecular formula is C13H22N2O2. The van der Waals surface area contributed by atoms with Crippen LogP contribution in [0.25, 0.3) is 0 Å². The highest BCUT2D eigenvalue weighted by Gasteiger charge is 2.22. The Bertz CT molecular complexity index is 339. The van der Waals surface area contributed by atoms with E-state index in [9.17, 15) is 4.79 Å². The summed E-state index contributed by atoms with van der Waals surface area (Å²) in [4.78, 5) is 12.0. The quantitative estimate of drug-likeness (QED) is 0.807. The molecule has 0 bridgehead atoms. The summed E-state index contributed by atoms with van der Waals surface area (Å²) < 4.78 is 7.15. The summed E-state index contributed by atoms with van der Waals surface area (Å²) in [5.74, 6) is 0. The molecule has 0 aliphatic carbocycles. The first kappa shape index (κ1) is 13.6. The maximum atomic E-state index is 12.0. The molecule has 96 valence electrons. The molecule has 1 rings (SSSR count). The zero-order valence-corrected chi connectivity index (χ0v) is 11.1. The molecule has 0 aliphatic heterocycles. The lowest BCUT2D eigenvalue weighted by Gasteiger charge is -2.27. The molecule has 0 spiro atoms. The van der Waals surface area contributed by atoms with Gasteiger partial charge in [-0.1, -0.05) is 13.3 Å². The largest absolute Gasteiger partial charge is 0.442 e. The molecule has 0 aromatic carbocycles. The van der Waals surface area contributed by atoms with Gasteiger partial charge >= 0.3 is 6.09 Å². The van der Waals surface area contributed by atoms with E-state index in [0.717, 1.165) is 12.8 Å². The Hall–Kier alpha value is -1.45. The van der Waals surface area contributed by atoms with Gasteiger partial charge in [0.05, 0.1) is 0 Å². The van der Waals surface area contributed by atoms with Crippen molar-refractivity contribution < 1.29 is 9.53 Å². The van der Waals surface area contributed by atoms with Crippen LogP contribution in [0.1, 0.15) is 40.5 Å². The van der Waals surface area contributed by atoms with E-state index in [1.165, 1.54) is 0 Å². The number of rotatable bonds is 4. The summed E-state index contributed by atoms with van der Waals surface area (Å²) in [5.41, 5.74) is -0.464. The SMILES string of the molecule is CCCCN(C(=O)OC(C)(C)C)n1cccc1. The first-order chi connectivity index (χ1) is 7.94. The van der Waals surface area contributed by atoms with E-state index in [1.807, 2.05) is 45.3 Å². The molecule has 4 nitrogen and oxygen atoms in total. The molecule has 0 saturated carbocycles. The van der Waals surface area contributed by atoms with Crippen LogP contribution in [0.5, 0.6) is 0 Å². The van der Waals surface area contributed by atoms with Crippen molar-refractivity contribution in [1.82, 2.24) is 4.68 Å². The number of ether oxygens (including phenoxy) is 1. The van der Waals surface area contributed by atoms with E-state index in [0.29, 0.717) is 6.54 Å². The highest BCUT2D eigenvalue weighted by molar-refractivity contribution is 5.78. The maximum Gasteiger partial charge on any atom is 0.429 e. The van der Waals surface area contributed by atoms with Crippen molar-refractivity contribution in [2.45, 2.75) is 46.1 Å². The molecule has 0 radical (unpaired) electrons. The van der Waals surface area contributed by atoms with E-state index >= 15 is 0 Å². The van der Waals surface area contributed by atoms with E-state index < -0.39 is 5.60 Å². The van der Waals surface area contributed by atoms with Crippen LogP contribution in [-0.2, 0) is 4.74 Å². The summed E-state index contributed by atoms with van der Waals surface area (Å²) in [5, 5.41) is 1.62. The third-order valence-corrected chi connectivity index (χ3v) is 2.20. The zero-order valence-electron chi connectivity index (χ0n) is 11.1. The van der Waals surface area contributed by atoms with Crippen LogP contribution in [-0.4, -0.2) is 22.9 Å². The number of hydrogen-bond donors (Lipinski definition) is 0. The molecule has 0 atom stereocenters. The van der Waals surface area contributed by atoms with Gasteiger partial charge in [-0.05, 0) is 39.3 Å². The van der Waals surface area contributed by atoms with Crippen molar-refractivity contribution >= 4 is 6.09 Å². The van der Waals surface area contributed by atoms with Crippen molar-refractivity contribution in [3.8, 4) is 0 Å². The van der Waals surface area contributed by atoms with Gasteiger partial charge in [-0.2, -0.15) is 0 Å². The number of carbonyl (C=O) groups is 1. The van der Waals surface area contributed by atoms with E-state index in [1.54, 1.807) is 9.69 Å². The van der Waals surface area contributed by atoms with Crippen LogP contribution in [0, 0.1) is 0 Å². The summed E-state index contributed by atoms with van der Waals surface area (Å²) in [6.45, 7) is 8.39. The minimum absolute atomic E-state index is 0.304. The van der Waals surface area contributed by atoms with E-state index in [4.69, 9.17) is 4.74 Å². The first-order valence-electron chi connectivity index (χ1n) is 6.08. The number of nitrogens with zero attached hydrogens (tertiary/aromatic N) is 2. The topological polar surface area (TPSA) is 34.5 Å². The second-order valence-corrected chi connectivity index (χ2v) is 5.02. The summed E-state index contributed by atoms with van der Waals surface area (Å²) in [7, 11) is 0. The zero-order chi connectivity index (χ0) is 12.9. The summed E-state index contributed by atoms with van der Waals surface area (Å²) in [6, 6.07) is 3.78. The van der Waals surface area contributed by atoms with Crippen LogP contribution < -0.4 is 5.01 Å². The molecular weight excluding hydrogens is 216 g/mol. The Morgan fingerprint density at radius 2 is 1.88 bits per heavy atom. The van der Waals surface area contributed by atoms with Crippen molar-refractivity contribution in [3.63, 3.8) is 0 Å². The third-order valence-electron chi connectivity index (χ3n) is 2.20. The minimum Gasteiger partial charge on any atom is -0.442 e. The second-order valence-electron chi connectivity index (χ2n) is 5.02. The molecule has 0 saturated heterocycles. The maximum absolute atomic E-state index is 12.0. The van der Waals surface area contributed by atoms with Crippen LogP contribution in [0.3, 0.4) is 0 Å². The van der Waals surface area contributed by atoms with Gasteiger partial charge in [-0.25, -0.2) is 9.80 Å². The molecule has 0 unspecified atom stereocenters. The average molecular weight is 238 g/mol. The van der Waals surface area contributed by atoms with Crippen molar-refractivity contribution in [2.75, 3.05) is 11.6 Å². The Labute approximate surface area is 103 Å². The van der Waals surface area contributed by atoms with Gasteiger partial charge in [-0.3, -0.25) is 4.68 Å². The van der Waals surface area contributed by atoms with Gasteiger partial charge in [0.15, 0.2) is 0 Å². The highest BCUT2D eigenvalue weighted by atomic mass is 16.6. The molecule has 0 fully saturated rings. The Morgan fingerprint density at radius 1 is 1.29 bits per heavy atom. The monoisotopic (exact) mass is 238 g/mol. The van der Waals surface area contributed by atoms with Crippen LogP contribution >= 0.6 is 0 Å². The standard InChI is InChI=1S/C13H22N2O2/c1-5-6-11-15(14-9-7-8-10-14)12(16)17-13(2,3)4/h7-10H,5-6,11H2,1-4H3. The molecule has 0 aliphatic rings. The fourth-order valence-electron chi connectivity index (χ4n) is 1.41. The van der Waals surface area contributed by atoms with Gasteiger partial charge < -0.3 is 4.74 Å². The Balaban J connectivity index is 2.73. The average Bonchev–Trinajstić information content (AvgIpc) is 2.68. The third kappa shape index (κ3) is 4.51. The van der Waals surface area contributed by atoms with Gasteiger partial charge in [0, 0.05) is 18.9 Å². The van der Waals surface area contributed by atoms with Gasteiger partial charge in [0.1, 0.15) is 5.60 Å². The predicted octanol–water partition coefficient (Wildman–Crippen LogP) is 3.16. The normalized spacial score (nSPS) is 11.3. The molecule has 4 heteroatoms. The minimum atomic E-state index is -0.464. The number of amides is 1. The van der Waals surface area contributed by atoms with Crippen molar-refractivity contribution in [2.24, 2.45) is 0 Å². The summed E-state index contributed by atoms with van der Waals surface area (Å²) in [6.07, 6.45) is 5.39. The lowest BCUT2D eigenvalue weighted by atomic mass is 10.2. The van der Waals surface area contributed by atoms with Crippen molar-refractivity contribution in [1.29, 1.82) is 0 Å². The van der Waals surface area contributed by atoms with Crippen molar-refractivity contribution in [3.05, 3.63) is 24.5 Å². The van der Waals surface area contributed by atoms with Crippen LogP contribution in [0.15, 0.2) is 24.5 Å². The molecule has 0 N–H and O–H groups in total. The molecule has 1 heterocycles. The molecule has 1 amide bonds. The van der Waals surface area contributed by atoms with Crippen LogP contribution in [0.4, 0.5) is 4.79 Å². The number of hydrogen-bond acceptors (Lipinski definition) is 2. The molecule has 1 aromatic rings. The Morgan fingerprint density at radius 3 is 2.35 bits per heavy atom. The van der Waals surface area contributed by atoms with Gasteiger partial charge in [0.25, 0.3) is 0 Å². The van der Waals surface area contributed by atoms with Crippen LogP contribution in [0.2, 0.25) is 0 Å². The van der Waals surface area contributed by atoms with Gasteiger partial charge in [-0.15, -0.1) is 0 Å². The first-order valence-corrected chi connectivity index (χ1v) is 6.08. The van der Waals surface area contributed by atoms with Gasteiger partial charge in [0.2, 0.25) is 0 Å².